The Morgan fingerprint density at radius 2 is 1.61 bits per heavy atom. The summed E-state index contributed by atoms with van der Waals surface area (Å²) < 4.78 is 37.9. The minimum absolute atomic E-state index is 0.0872. The second-order valence-corrected chi connectivity index (χ2v) is 12.0. The summed E-state index contributed by atoms with van der Waals surface area (Å²) in [6, 6.07) is 26.8. The summed E-state index contributed by atoms with van der Waals surface area (Å²) in [7, 11) is -2.50. The summed E-state index contributed by atoms with van der Waals surface area (Å²) in [6.07, 6.45) is 1.28. The maximum atomic E-state index is 12.7. The third kappa shape index (κ3) is 7.02. The van der Waals surface area contributed by atoms with E-state index in [2.05, 4.69) is 0 Å². The van der Waals surface area contributed by atoms with Crippen LogP contribution in [0.4, 0.5) is 0 Å². The van der Waals surface area contributed by atoms with Crippen LogP contribution in [0.15, 0.2) is 94.5 Å². The second-order valence-electron chi connectivity index (χ2n) is 8.85. The Hall–Kier alpha value is -3.62. The lowest BCUT2D eigenvalue weighted by atomic mass is 9.96. The molecule has 0 aliphatic heterocycles. The zero-order chi connectivity index (χ0) is 27.0. The molecule has 0 N–H and O–H groups in total. The van der Waals surface area contributed by atoms with E-state index >= 15 is 0 Å². The minimum Gasteiger partial charge on any atom is -0.493 e. The van der Waals surface area contributed by atoms with Gasteiger partial charge in [0.1, 0.15) is 15.7 Å². The van der Waals surface area contributed by atoms with Gasteiger partial charge in [-0.15, -0.1) is 11.3 Å². The topological polar surface area (TPSA) is 72.9 Å². The van der Waals surface area contributed by atoms with Gasteiger partial charge in [0.15, 0.2) is 0 Å². The predicted molar refractivity (Wildman–Crippen MR) is 151 cm³/mol. The van der Waals surface area contributed by atoms with E-state index in [-0.39, 0.29) is 10.6 Å². The first-order valence-corrected chi connectivity index (χ1v) is 14.7. The lowest BCUT2D eigenvalue weighted by Gasteiger charge is -2.17. The highest BCUT2D eigenvalue weighted by atomic mass is 32.2. The van der Waals surface area contributed by atoms with Gasteiger partial charge in [-0.05, 0) is 71.3 Å². The number of benzene rings is 3. The van der Waals surface area contributed by atoms with Crippen molar-refractivity contribution in [2.75, 3.05) is 20.3 Å². The van der Waals surface area contributed by atoms with E-state index in [1.54, 1.807) is 11.4 Å². The van der Waals surface area contributed by atoms with E-state index in [9.17, 15) is 13.2 Å². The molecule has 0 atom stereocenters. The van der Waals surface area contributed by atoms with Gasteiger partial charge in [0, 0.05) is 19.9 Å². The number of rotatable bonds is 12. The van der Waals surface area contributed by atoms with Gasteiger partial charge in [0.2, 0.25) is 5.91 Å². The van der Waals surface area contributed by atoms with Gasteiger partial charge in [-0.2, -0.15) is 0 Å². The molecule has 0 spiro atoms. The van der Waals surface area contributed by atoms with Crippen LogP contribution in [0.2, 0.25) is 0 Å². The molecule has 198 valence electrons. The van der Waals surface area contributed by atoms with Crippen LogP contribution in [0.5, 0.6) is 11.5 Å². The molecule has 4 aromatic rings. The molecule has 6 nitrogen and oxygen atoms in total. The average Bonchev–Trinajstić information content (AvgIpc) is 3.48. The van der Waals surface area contributed by atoms with Crippen molar-refractivity contribution in [2.24, 2.45) is 0 Å². The molecule has 1 aromatic heterocycles. The number of ether oxygens (including phenoxy) is 2. The summed E-state index contributed by atoms with van der Waals surface area (Å²) >= 11 is 1.10. The first-order valence-electron chi connectivity index (χ1n) is 12.4. The van der Waals surface area contributed by atoms with Gasteiger partial charge in [-0.3, -0.25) is 4.79 Å². The van der Waals surface area contributed by atoms with Gasteiger partial charge >= 0.3 is 0 Å². The second kappa shape index (κ2) is 12.8. The zero-order valence-electron chi connectivity index (χ0n) is 21.5. The molecule has 1 amide bonds. The van der Waals surface area contributed by atoms with Crippen molar-refractivity contribution in [2.45, 2.75) is 30.4 Å². The molecule has 1 heterocycles. The number of aryl methyl sites for hydroxylation is 2. The van der Waals surface area contributed by atoms with Crippen molar-refractivity contribution >= 4 is 27.3 Å². The molecule has 8 heteroatoms. The van der Waals surface area contributed by atoms with Gasteiger partial charge in [-0.1, -0.05) is 54.6 Å². The summed E-state index contributed by atoms with van der Waals surface area (Å²) in [5.74, 6) is 1.20. The number of hydrogen-bond donors (Lipinski definition) is 0. The molecular weight excluding hydrogens is 518 g/mol. The Morgan fingerprint density at radius 3 is 2.32 bits per heavy atom. The van der Waals surface area contributed by atoms with E-state index in [1.165, 1.54) is 18.7 Å². The number of nitrogens with zero attached hydrogens (tertiary/aromatic N) is 1. The summed E-state index contributed by atoms with van der Waals surface area (Å²) in [5.41, 5.74) is 4.15. The first-order chi connectivity index (χ1) is 18.3. The van der Waals surface area contributed by atoms with Crippen molar-refractivity contribution < 1.29 is 22.7 Å². The van der Waals surface area contributed by atoms with Crippen LogP contribution < -0.4 is 9.47 Å². The Balaban J connectivity index is 1.30. The molecule has 38 heavy (non-hydrogen) atoms. The van der Waals surface area contributed by atoms with E-state index < -0.39 is 15.9 Å². The molecule has 0 fully saturated rings. The number of amides is 1. The number of carbonyl (C=O) groups is 1. The lowest BCUT2D eigenvalue weighted by Crippen LogP contribution is -2.32. The average molecular weight is 550 g/mol. The molecule has 4 rings (SSSR count). The van der Waals surface area contributed by atoms with Crippen LogP contribution in [-0.2, 0) is 21.2 Å². The van der Waals surface area contributed by atoms with Crippen molar-refractivity contribution in [3.05, 3.63) is 101 Å². The fraction of sp³-hybridized carbons (Fsp3) is 0.233. The molecule has 0 aliphatic rings. The number of hydrogen-bond acceptors (Lipinski definition) is 6. The lowest BCUT2D eigenvalue weighted by molar-refractivity contribution is -0.125. The molecule has 0 bridgehead atoms. The van der Waals surface area contributed by atoms with E-state index in [0.29, 0.717) is 19.6 Å². The van der Waals surface area contributed by atoms with Crippen LogP contribution in [0, 0.1) is 6.92 Å². The Kier molecular flexibility index (Phi) is 9.20. The van der Waals surface area contributed by atoms with E-state index in [0.717, 1.165) is 50.3 Å². The SMILES string of the molecule is Cc1cccc(OCCCOc2ccc(-c3ccccc3CCC(=O)N(C)S(=O)(=O)c3cccs3)cc2)c1. The van der Waals surface area contributed by atoms with Crippen LogP contribution in [0.1, 0.15) is 24.0 Å². The number of carbonyl (C=O) groups excluding carboxylic acids is 1. The normalized spacial score (nSPS) is 11.2. The highest BCUT2D eigenvalue weighted by Crippen LogP contribution is 2.27. The van der Waals surface area contributed by atoms with E-state index in [4.69, 9.17) is 9.47 Å². The van der Waals surface area contributed by atoms with Crippen LogP contribution in [0.3, 0.4) is 0 Å². The standard InChI is InChI=1S/C30H31NO5S2/c1-23-8-5-10-27(22-23)36-20-7-19-35-26-16-13-25(14-17-26)28-11-4-3-9-24(28)15-18-29(32)31(2)38(33,34)30-12-6-21-37-30/h3-6,8-14,16-17,21-22H,7,15,18-20H2,1-2H3. The Labute approximate surface area is 228 Å². The fourth-order valence-corrected chi connectivity index (χ4v) is 6.29. The quantitative estimate of drug-likeness (QED) is 0.193. The maximum Gasteiger partial charge on any atom is 0.275 e. The largest absolute Gasteiger partial charge is 0.493 e. The molecule has 0 saturated heterocycles. The van der Waals surface area contributed by atoms with Crippen molar-refractivity contribution in [1.82, 2.24) is 4.31 Å². The van der Waals surface area contributed by atoms with Crippen LogP contribution in [0.25, 0.3) is 11.1 Å². The highest BCUT2D eigenvalue weighted by Gasteiger charge is 2.26. The maximum absolute atomic E-state index is 12.7. The number of sulfonamides is 1. The molecule has 0 radical (unpaired) electrons. The summed E-state index contributed by atoms with van der Waals surface area (Å²) in [6.45, 7) is 3.17. The van der Waals surface area contributed by atoms with Gasteiger partial charge < -0.3 is 9.47 Å². The molecule has 0 unspecified atom stereocenters. The van der Waals surface area contributed by atoms with E-state index in [1.807, 2.05) is 79.7 Å². The third-order valence-corrected chi connectivity index (χ3v) is 9.22. The molecule has 0 saturated carbocycles. The van der Waals surface area contributed by atoms with Crippen LogP contribution in [-0.4, -0.2) is 38.9 Å². The van der Waals surface area contributed by atoms with Crippen LogP contribution >= 0.6 is 11.3 Å². The highest BCUT2D eigenvalue weighted by molar-refractivity contribution is 7.91. The Morgan fingerprint density at radius 1 is 0.868 bits per heavy atom. The predicted octanol–water partition coefficient (Wildman–Crippen LogP) is 6.35. The third-order valence-electron chi connectivity index (χ3n) is 6.07. The summed E-state index contributed by atoms with van der Waals surface area (Å²) in [4.78, 5) is 12.7. The van der Waals surface area contributed by atoms with Gasteiger partial charge in [0.25, 0.3) is 10.0 Å². The zero-order valence-corrected chi connectivity index (χ0v) is 23.1. The molecular formula is C30H31NO5S2. The smallest absolute Gasteiger partial charge is 0.275 e. The van der Waals surface area contributed by atoms with Gasteiger partial charge in [0.05, 0.1) is 13.2 Å². The van der Waals surface area contributed by atoms with Crippen molar-refractivity contribution in [1.29, 1.82) is 0 Å². The van der Waals surface area contributed by atoms with Crippen molar-refractivity contribution in [3.63, 3.8) is 0 Å². The number of thiophene rings is 1. The Bertz CT molecular complexity index is 1450. The monoisotopic (exact) mass is 549 g/mol. The van der Waals surface area contributed by atoms with Gasteiger partial charge in [-0.25, -0.2) is 12.7 Å². The minimum atomic E-state index is -3.81. The first kappa shape index (κ1) is 27.4. The fourth-order valence-electron chi connectivity index (χ4n) is 3.97. The molecule has 3 aromatic carbocycles. The molecule has 0 aliphatic carbocycles. The van der Waals surface area contributed by atoms with Crippen molar-refractivity contribution in [3.8, 4) is 22.6 Å². The summed E-state index contributed by atoms with van der Waals surface area (Å²) in [5, 5.41) is 1.68.